The smallest absolute Gasteiger partial charge is 0.188 e. The molecule has 0 saturated carbocycles. The van der Waals surface area contributed by atoms with Crippen LogP contribution in [0.2, 0.25) is 0 Å². The Morgan fingerprint density at radius 3 is 2.38 bits per heavy atom. The quantitative estimate of drug-likeness (QED) is 0.485. The molecule has 0 aliphatic rings. The van der Waals surface area contributed by atoms with E-state index in [1.807, 2.05) is 0 Å². The minimum atomic E-state index is -0.485. The van der Waals surface area contributed by atoms with E-state index in [1.54, 1.807) is 37.7 Å². The molecule has 1 radical (unpaired) electrons. The molecule has 0 aromatic heterocycles. The molecular weight excluding hydrogens is 283 g/mol. The zero-order valence-electron chi connectivity index (χ0n) is 9.01. The molecule has 83 valence electrons. The van der Waals surface area contributed by atoms with E-state index >= 15 is 0 Å². The van der Waals surface area contributed by atoms with Crippen LogP contribution in [0.3, 0.4) is 0 Å². The van der Waals surface area contributed by atoms with Gasteiger partial charge in [-0.05, 0) is 12.6 Å². The molecule has 1 N–H and O–H groups in total. The number of nitrogens with zero attached hydrogens (tertiary/aromatic N) is 1. The summed E-state index contributed by atoms with van der Waals surface area (Å²) in [7, 11) is 1.62. The number of ketones is 1. The van der Waals surface area contributed by atoms with Gasteiger partial charge in [-0.1, -0.05) is 24.3 Å². The van der Waals surface area contributed by atoms with Crippen LogP contribution < -0.4 is 0 Å². The third-order valence-corrected chi connectivity index (χ3v) is 2.00. The summed E-state index contributed by atoms with van der Waals surface area (Å²) in [6, 6.07) is 6.76. The molecule has 0 aliphatic carbocycles. The molecule has 5 heteroatoms. The molecule has 0 spiro atoms. The first kappa shape index (κ1) is 15.4. The van der Waals surface area contributed by atoms with Crippen LogP contribution in [0.25, 0.3) is 0 Å². The van der Waals surface area contributed by atoms with Crippen LogP contribution in [0.5, 0.6) is 0 Å². The average molecular weight is 295 g/mol. The van der Waals surface area contributed by atoms with E-state index < -0.39 is 6.61 Å². The van der Waals surface area contributed by atoms with Crippen LogP contribution in [0, 0.1) is 0 Å². The molecule has 4 nitrogen and oxygen atoms in total. The first-order valence-electron chi connectivity index (χ1n) is 4.49. The zero-order chi connectivity index (χ0) is 11.3. The Morgan fingerprint density at radius 2 is 1.94 bits per heavy atom. The standard InChI is InChI=1S/C11H12NO3.Y/c1-12(8-14)6-9-2-4-10(5-3-9)11(15)7-13;/h2-5,13H,6-7H2,1H3;/q-1;. The number of amides is 1. The van der Waals surface area contributed by atoms with E-state index in [1.165, 1.54) is 4.90 Å². The summed E-state index contributed by atoms with van der Waals surface area (Å²) in [5.41, 5.74) is 1.38. The number of hydrogen-bond acceptors (Lipinski definition) is 3. The maximum atomic E-state index is 11.1. The van der Waals surface area contributed by atoms with Gasteiger partial charge in [0.2, 0.25) is 0 Å². The molecule has 0 bridgehead atoms. The summed E-state index contributed by atoms with van der Waals surface area (Å²) in [6.45, 7) is -0.0293. The van der Waals surface area contributed by atoms with Gasteiger partial charge in [0.1, 0.15) is 6.61 Å². The van der Waals surface area contributed by atoms with Crippen LogP contribution in [-0.4, -0.2) is 35.9 Å². The molecule has 0 saturated heterocycles. The molecule has 0 heterocycles. The maximum Gasteiger partial charge on any atom is 0.188 e. The van der Waals surface area contributed by atoms with Crippen LogP contribution in [0.15, 0.2) is 24.3 Å². The summed E-state index contributed by atoms with van der Waals surface area (Å²) in [4.78, 5) is 22.7. The summed E-state index contributed by atoms with van der Waals surface area (Å²) in [5, 5.41) is 8.63. The SMILES string of the molecule is CN([C-]=O)Cc1ccc(C(=O)CO)cc1.[Y]. The van der Waals surface area contributed by atoms with E-state index in [2.05, 4.69) is 0 Å². The second-order valence-corrected chi connectivity index (χ2v) is 3.23. The van der Waals surface area contributed by atoms with Gasteiger partial charge in [-0.25, -0.2) is 0 Å². The van der Waals surface area contributed by atoms with Crippen LogP contribution in [-0.2, 0) is 44.0 Å². The zero-order valence-corrected chi connectivity index (χ0v) is 11.9. The Labute approximate surface area is 120 Å². The molecule has 0 atom stereocenters. The van der Waals surface area contributed by atoms with Crippen LogP contribution in [0.4, 0.5) is 0 Å². The predicted octanol–water partition coefficient (Wildman–Crippen LogP) is 0.358. The third kappa shape index (κ3) is 4.51. The number of carbonyl (C=O) groups is 1. The first-order chi connectivity index (χ1) is 7.17. The van der Waals surface area contributed by atoms with Crippen molar-refractivity contribution in [2.45, 2.75) is 6.54 Å². The fraction of sp³-hybridized carbons (Fsp3) is 0.273. The van der Waals surface area contributed by atoms with Gasteiger partial charge in [0.25, 0.3) is 0 Å². The van der Waals surface area contributed by atoms with Crippen molar-refractivity contribution in [1.82, 2.24) is 4.90 Å². The minimum absolute atomic E-state index is 0. The summed E-state index contributed by atoms with van der Waals surface area (Å²) in [6.07, 6.45) is 1.74. The van der Waals surface area contributed by atoms with Gasteiger partial charge in [-0.15, -0.1) is 0 Å². The van der Waals surface area contributed by atoms with Crippen molar-refractivity contribution in [3.05, 3.63) is 35.4 Å². The monoisotopic (exact) mass is 295 g/mol. The molecule has 0 unspecified atom stereocenters. The summed E-state index contributed by atoms with van der Waals surface area (Å²) < 4.78 is 0. The third-order valence-electron chi connectivity index (χ3n) is 2.00. The molecule has 1 aromatic rings. The minimum Gasteiger partial charge on any atom is -0.520 e. The van der Waals surface area contributed by atoms with Crippen molar-refractivity contribution < 1.29 is 47.4 Å². The van der Waals surface area contributed by atoms with E-state index in [-0.39, 0.29) is 38.5 Å². The van der Waals surface area contributed by atoms with Gasteiger partial charge in [0, 0.05) is 44.8 Å². The number of Topliss-reactive ketones (excluding diaryl/α,β-unsaturated/α-hetero) is 1. The second kappa shape index (κ2) is 7.66. The maximum absolute atomic E-state index is 11.1. The normalized spacial score (nSPS) is 9.12. The van der Waals surface area contributed by atoms with Crippen molar-refractivity contribution in [3.8, 4) is 0 Å². The fourth-order valence-electron chi connectivity index (χ4n) is 1.19. The van der Waals surface area contributed by atoms with Gasteiger partial charge < -0.3 is 14.8 Å². The molecule has 16 heavy (non-hydrogen) atoms. The van der Waals surface area contributed by atoms with Crippen molar-refractivity contribution in [2.24, 2.45) is 0 Å². The number of rotatable bonds is 5. The van der Waals surface area contributed by atoms with Crippen molar-refractivity contribution in [3.63, 3.8) is 0 Å². The Hall–Kier alpha value is -0.576. The Balaban J connectivity index is 0.00000225. The molecule has 0 aliphatic heterocycles. The van der Waals surface area contributed by atoms with Gasteiger partial charge in [0.05, 0.1) is 0 Å². The molecule has 0 fully saturated rings. The summed E-state index contributed by atoms with van der Waals surface area (Å²) >= 11 is 0. The molecule has 1 amide bonds. The molecule has 1 rings (SSSR count). The summed E-state index contributed by atoms with van der Waals surface area (Å²) in [5.74, 6) is -0.308. The van der Waals surface area contributed by atoms with E-state index in [4.69, 9.17) is 5.11 Å². The predicted molar refractivity (Wildman–Crippen MR) is 55.0 cm³/mol. The van der Waals surface area contributed by atoms with Crippen molar-refractivity contribution >= 4 is 12.2 Å². The van der Waals surface area contributed by atoms with Gasteiger partial charge in [0.15, 0.2) is 5.78 Å². The number of benzene rings is 1. The number of hydrogen-bond donors (Lipinski definition) is 1. The van der Waals surface area contributed by atoms with Gasteiger partial charge in [-0.3, -0.25) is 4.79 Å². The van der Waals surface area contributed by atoms with Gasteiger partial charge >= 0.3 is 0 Å². The molecule has 1 aromatic carbocycles. The Kier molecular flexibility index (Phi) is 7.38. The van der Waals surface area contributed by atoms with Crippen molar-refractivity contribution in [2.75, 3.05) is 13.7 Å². The topological polar surface area (TPSA) is 57.6 Å². The second-order valence-electron chi connectivity index (χ2n) is 3.23. The van der Waals surface area contributed by atoms with Gasteiger partial charge in [-0.2, -0.15) is 6.41 Å². The number of carbonyl (C=O) groups excluding carboxylic acids is 2. The average Bonchev–Trinajstić information content (AvgIpc) is 2.29. The number of aliphatic hydroxyl groups excluding tert-OH is 1. The Morgan fingerprint density at radius 1 is 1.38 bits per heavy atom. The molecular formula is C11H12NO3Y-. The van der Waals surface area contributed by atoms with Crippen molar-refractivity contribution in [1.29, 1.82) is 0 Å². The van der Waals surface area contributed by atoms with E-state index in [0.717, 1.165) is 5.56 Å². The Bertz CT molecular complexity index is 351. The number of aliphatic hydroxyl groups is 1. The largest absolute Gasteiger partial charge is 0.520 e. The van der Waals surface area contributed by atoms with Crippen LogP contribution >= 0.6 is 0 Å². The fourth-order valence-corrected chi connectivity index (χ4v) is 1.19. The first-order valence-corrected chi connectivity index (χ1v) is 4.49. The van der Waals surface area contributed by atoms with Crippen LogP contribution in [0.1, 0.15) is 15.9 Å². The van der Waals surface area contributed by atoms with E-state index in [9.17, 15) is 9.59 Å². The van der Waals surface area contributed by atoms with E-state index in [0.29, 0.717) is 12.1 Å².